The first kappa shape index (κ1) is 35.2. The van der Waals surface area contributed by atoms with Crippen molar-refractivity contribution in [2.75, 3.05) is 0 Å². The Labute approximate surface area is 255 Å². The first-order valence-electron chi connectivity index (χ1n) is 14.2. The van der Waals surface area contributed by atoms with Gasteiger partial charge < -0.3 is 10.1 Å². The van der Waals surface area contributed by atoms with E-state index < -0.39 is 0 Å². The number of rotatable bonds is 9. The predicted octanol–water partition coefficient (Wildman–Crippen LogP) is 9.57. The molecule has 0 atom stereocenters. The Morgan fingerprint density at radius 2 is 1.73 bits per heavy atom. The quantitative estimate of drug-likeness (QED) is 0.136. The van der Waals surface area contributed by atoms with Gasteiger partial charge in [0.15, 0.2) is 5.78 Å². The van der Waals surface area contributed by atoms with Crippen LogP contribution in [0.15, 0.2) is 48.4 Å². The van der Waals surface area contributed by atoms with Gasteiger partial charge in [-0.1, -0.05) is 80.5 Å². The van der Waals surface area contributed by atoms with Crippen LogP contribution < -0.4 is 0 Å². The van der Waals surface area contributed by atoms with Crippen LogP contribution in [0.1, 0.15) is 102 Å². The van der Waals surface area contributed by atoms with E-state index in [-0.39, 0.29) is 43.0 Å². The molecule has 40 heavy (non-hydrogen) atoms. The summed E-state index contributed by atoms with van der Waals surface area (Å²) in [7, 11) is 0. The van der Waals surface area contributed by atoms with Crippen molar-refractivity contribution in [2.45, 2.75) is 93.9 Å². The average Bonchev–Trinajstić information content (AvgIpc) is 2.92. The Morgan fingerprint density at radius 3 is 2.23 bits per heavy atom. The van der Waals surface area contributed by atoms with E-state index in [1.807, 2.05) is 66.8 Å². The van der Waals surface area contributed by atoms with E-state index in [0.29, 0.717) is 11.5 Å². The van der Waals surface area contributed by atoms with Gasteiger partial charge in [0.05, 0.1) is 5.76 Å². The van der Waals surface area contributed by atoms with E-state index >= 15 is 0 Å². The summed E-state index contributed by atoms with van der Waals surface area (Å²) in [6.45, 7) is 18.3. The summed E-state index contributed by atoms with van der Waals surface area (Å²) in [6.07, 6.45) is 6.68. The predicted molar refractivity (Wildman–Crippen MR) is 163 cm³/mol. The molecule has 4 nitrogen and oxygen atoms in total. The first-order chi connectivity index (χ1) is 18.5. The van der Waals surface area contributed by atoms with Gasteiger partial charge in [0.25, 0.3) is 0 Å². The topological polar surface area (TPSA) is 74.0 Å². The van der Waals surface area contributed by atoms with Crippen LogP contribution in [0, 0.1) is 42.6 Å². The molecule has 3 aromatic rings. The molecule has 0 amide bonds. The number of carbonyl (C=O) groups excluding carboxylic acids is 1. The summed E-state index contributed by atoms with van der Waals surface area (Å²) < 4.78 is 0. The largest absolute Gasteiger partial charge is 0.512 e. The van der Waals surface area contributed by atoms with E-state index in [1.54, 1.807) is 0 Å². The zero-order valence-corrected chi connectivity index (χ0v) is 28.0. The second kappa shape index (κ2) is 15.8. The molecule has 0 saturated heterocycles. The fraction of sp³-hybridized carbons (Fsp3) is 0.457. The zero-order chi connectivity index (χ0) is 29.3. The van der Waals surface area contributed by atoms with Gasteiger partial charge in [0.2, 0.25) is 0 Å². The first-order valence-corrected chi connectivity index (χ1v) is 14.2. The third-order valence-corrected chi connectivity index (χ3v) is 8.11. The fourth-order valence-electron chi connectivity index (χ4n) is 4.69. The Kier molecular flexibility index (Phi) is 14.0. The number of hydrogen-bond acceptors (Lipinski definition) is 4. The number of nitriles is 1. The van der Waals surface area contributed by atoms with Crippen LogP contribution in [0.25, 0.3) is 22.0 Å². The number of aromatic nitrogens is 1. The molecule has 0 spiro atoms. The number of carbonyl (C=O) groups is 1. The van der Waals surface area contributed by atoms with Gasteiger partial charge in [-0.05, 0) is 65.3 Å². The van der Waals surface area contributed by atoms with Crippen LogP contribution in [-0.4, -0.2) is 15.9 Å². The number of aryl methyl sites for hydroxylation is 2. The number of aliphatic hydroxyl groups excluding tert-OH is 1. The number of pyridine rings is 1. The van der Waals surface area contributed by atoms with Crippen molar-refractivity contribution in [2.24, 2.45) is 11.3 Å². The Balaban J connectivity index is 0.000000419. The summed E-state index contributed by atoms with van der Waals surface area (Å²) in [6, 6.07) is 16.2. The van der Waals surface area contributed by atoms with Gasteiger partial charge in [0, 0.05) is 49.8 Å². The van der Waals surface area contributed by atoms with Gasteiger partial charge in [-0.25, -0.2) is 5.26 Å². The number of nitrogens with zero attached hydrogens (tertiary/aromatic N) is 2. The van der Waals surface area contributed by atoms with Gasteiger partial charge >= 0.3 is 0 Å². The third-order valence-electron chi connectivity index (χ3n) is 8.11. The SMILES string of the molecule is CCC(CC)/C(O)=C/C(=O)C(C)(CC)CC.Cc1[c-]c(-c2nccc3cc(C(C)C)ccc23)cc(C)c1C#N.[Ir]. The molecule has 3 rings (SSSR count). The van der Waals surface area contributed by atoms with Crippen LogP contribution in [0.5, 0.6) is 0 Å². The monoisotopic (exact) mass is 718 g/mol. The Hall–Kier alpha value is -2.80. The van der Waals surface area contributed by atoms with Crippen molar-refractivity contribution in [3.63, 3.8) is 0 Å². The van der Waals surface area contributed by atoms with Crippen LogP contribution in [0.2, 0.25) is 0 Å². The van der Waals surface area contributed by atoms with E-state index in [1.165, 1.54) is 17.0 Å². The van der Waals surface area contributed by atoms with Gasteiger partial charge in [0.1, 0.15) is 0 Å². The molecule has 0 bridgehead atoms. The summed E-state index contributed by atoms with van der Waals surface area (Å²) in [5, 5.41) is 21.4. The molecule has 0 unspecified atom stereocenters. The maximum absolute atomic E-state index is 12.0. The number of benzene rings is 2. The maximum Gasteiger partial charge on any atom is 0.164 e. The van der Waals surface area contributed by atoms with Crippen molar-refractivity contribution in [3.8, 4) is 17.3 Å². The molecular weight excluding hydrogens is 673 g/mol. The minimum atomic E-state index is -0.319. The summed E-state index contributed by atoms with van der Waals surface area (Å²) in [4.78, 5) is 16.6. The smallest absolute Gasteiger partial charge is 0.164 e. The van der Waals surface area contributed by atoms with Crippen molar-refractivity contribution in [1.29, 1.82) is 5.26 Å². The fourth-order valence-corrected chi connectivity index (χ4v) is 4.69. The molecule has 1 heterocycles. The molecule has 0 aliphatic rings. The van der Waals surface area contributed by atoms with E-state index in [2.05, 4.69) is 49.2 Å². The molecule has 1 radical (unpaired) electrons. The molecule has 5 heteroatoms. The number of aliphatic hydroxyl groups is 1. The third kappa shape index (κ3) is 8.35. The Morgan fingerprint density at radius 1 is 1.10 bits per heavy atom. The average molecular weight is 718 g/mol. The van der Waals surface area contributed by atoms with E-state index in [9.17, 15) is 15.2 Å². The normalized spacial score (nSPS) is 11.6. The molecule has 0 saturated carbocycles. The molecule has 0 aliphatic carbocycles. The van der Waals surface area contributed by atoms with Gasteiger partial charge in [-0.15, -0.1) is 28.8 Å². The van der Waals surface area contributed by atoms with Crippen LogP contribution in [-0.2, 0) is 24.9 Å². The second-order valence-corrected chi connectivity index (χ2v) is 11.0. The van der Waals surface area contributed by atoms with Gasteiger partial charge in [-0.3, -0.25) is 4.79 Å². The zero-order valence-electron chi connectivity index (χ0n) is 25.6. The number of fused-ring (bicyclic) bond motifs is 1. The van der Waals surface area contributed by atoms with Crippen LogP contribution in [0.4, 0.5) is 0 Å². The van der Waals surface area contributed by atoms with E-state index in [0.717, 1.165) is 53.5 Å². The van der Waals surface area contributed by atoms with E-state index in [4.69, 9.17) is 0 Å². The summed E-state index contributed by atoms with van der Waals surface area (Å²) in [5.74, 6) is 0.939. The van der Waals surface area contributed by atoms with Crippen molar-refractivity contribution < 1.29 is 30.0 Å². The molecule has 1 aromatic heterocycles. The summed E-state index contributed by atoms with van der Waals surface area (Å²) >= 11 is 0. The molecule has 2 aromatic carbocycles. The minimum Gasteiger partial charge on any atom is -0.512 e. The standard InChI is InChI=1S/C21H19N2.C14H26O2.Ir/c1-13(2)16-5-6-19-17(11-16)7-8-23-21(19)18-9-14(3)20(12-22)15(4)10-18;1-6-11(7-2)12(15)10-13(16)14(5,8-3)9-4;/h5-9,11,13H,1-4H3;10-11,15H,6-9H2,1-5H3;/q-1;;/b;12-10-;. The number of hydrogen-bond donors (Lipinski definition) is 1. The maximum atomic E-state index is 12.0. The molecular formula is C35H45IrN2O2-. The molecule has 0 fully saturated rings. The summed E-state index contributed by atoms with van der Waals surface area (Å²) in [5.41, 5.74) is 5.42. The second-order valence-electron chi connectivity index (χ2n) is 11.0. The van der Waals surface area contributed by atoms with Crippen molar-refractivity contribution >= 4 is 16.6 Å². The van der Waals surface area contributed by atoms with Gasteiger partial charge in [-0.2, -0.15) is 0 Å². The number of ketones is 1. The Bertz CT molecular complexity index is 1340. The van der Waals surface area contributed by atoms with Crippen molar-refractivity contribution in [1.82, 2.24) is 4.98 Å². The van der Waals surface area contributed by atoms with Crippen molar-refractivity contribution in [3.05, 3.63) is 76.7 Å². The van der Waals surface area contributed by atoms with Crippen LogP contribution >= 0.6 is 0 Å². The molecule has 1 N–H and O–H groups in total. The molecule has 217 valence electrons. The van der Waals surface area contributed by atoms with Crippen LogP contribution in [0.3, 0.4) is 0 Å². The minimum absolute atomic E-state index is 0. The molecule has 0 aliphatic heterocycles. The number of allylic oxidation sites excluding steroid dienone is 2.